The lowest BCUT2D eigenvalue weighted by Crippen LogP contribution is -2.08. The summed E-state index contributed by atoms with van der Waals surface area (Å²) in [4.78, 5) is 20.7. The average Bonchev–Trinajstić information content (AvgIpc) is 3.92. The van der Waals surface area contributed by atoms with Gasteiger partial charge in [-0.1, -0.05) is 133 Å². The Morgan fingerprint density at radius 3 is 1.25 bits per heavy atom. The number of nitrogens with zero attached hydrogens (tertiary/aromatic N) is 7. The van der Waals surface area contributed by atoms with E-state index in [1.807, 2.05) is 25.1 Å². The van der Waals surface area contributed by atoms with Crippen LogP contribution in [0, 0.1) is 6.92 Å². The minimum Gasteiger partial charge on any atom is -0.294 e. The van der Waals surface area contributed by atoms with Gasteiger partial charge in [0.15, 0.2) is 0 Å². The molecule has 7 aromatic carbocycles. The summed E-state index contributed by atoms with van der Waals surface area (Å²) in [5, 5.41) is 7.09. The van der Waals surface area contributed by atoms with E-state index in [-0.39, 0.29) is 0 Å². The minimum atomic E-state index is 0.518. The molecule has 0 fully saturated rings. The second-order valence-corrected chi connectivity index (χ2v) is 15.1. The van der Waals surface area contributed by atoms with E-state index in [2.05, 4.69) is 177 Å². The van der Waals surface area contributed by atoms with Crippen LogP contribution in [0.1, 0.15) is 17.2 Å². The van der Waals surface area contributed by atoms with E-state index < -0.39 is 0 Å². The van der Waals surface area contributed by atoms with Crippen LogP contribution < -0.4 is 0 Å². The molecule has 0 aliphatic rings. The lowest BCUT2D eigenvalue weighted by atomic mass is 10.1. The number of hydrogen-bond donors (Lipinski definition) is 0. The van der Waals surface area contributed by atoms with Gasteiger partial charge in [0.25, 0.3) is 0 Å². The predicted octanol–water partition coefficient (Wildman–Crippen LogP) is 12.1. The minimum absolute atomic E-state index is 0.518. The van der Waals surface area contributed by atoms with Gasteiger partial charge in [0.1, 0.15) is 29.1 Å². The van der Waals surface area contributed by atoms with Gasteiger partial charge in [0.2, 0.25) is 0 Å². The maximum absolute atomic E-state index is 5.41. The molecule has 0 aliphatic heterocycles. The van der Waals surface area contributed by atoms with Gasteiger partial charge in [-0.05, 0) is 48.9 Å². The first-order chi connectivity index (χ1) is 29.2. The van der Waals surface area contributed by atoms with Crippen LogP contribution in [-0.4, -0.2) is 33.6 Å². The quantitative estimate of drug-likeness (QED) is 0.169. The van der Waals surface area contributed by atoms with Crippen LogP contribution in [0.15, 0.2) is 182 Å². The van der Waals surface area contributed by atoms with Gasteiger partial charge in [-0.15, -0.1) is 0 Å². The average molecular weight is 758 g/mol. The van der Waals surface area contributed by atoms with Gasteiger partial charge in [0.05, 0.1) is 38.8 Å². The fraction of sp³-hybridized carbons (Fsp3) is 0.0385. The number of hydrogen-bond acceptors (Lipinski definition) is 4. The molecule has 12 aromatic rings. The molecular formula is C52H35N7. The molecule has 0 radical (unpaired) electrons. The standard InChI is InChI=1S/C52H35N7/c1-33-53-42(35-15-3-2-4-16-35)31-50(54-33)59-47-26-14-9-21-40(47)41-28-27-34(29-48(41)59)30-49-55-51(57-43-22-10-5-17-36(43)37-18-6-11-23-44(37)57)32-52(56-49)58-45-24-12-7-19-38(45)39-20-8-13-25-46(39)58/h2-29,31-32H,30H2,1H3. The molecule has 12 rings (SSSR count). The Bertz CT molecular complexity index is 3370. The summed E-state index contributed by atoms with van der Waals surface area (Å²) in [6, 6.07) is 64.2. The molecule has 0 N–H and O–H groups in total. The summed E-state index contributed by atoms with van der Waals surface area (Å²) in [5.41, 5.74) is 9.63. The third-order valence-corrected chi connectivity index (χ3v) is 11.6. The number of benzene rings is 7. The summed E-state index contributed by atoms with van der Waals surface area (Å²) < 4.78 is 6.85. The maximum atomic E-state index is 5.41. The molecular weight excluding hydrogens is 723 g/mol. The van der Waals surface area contributed by atoms with Crippen molar-refractivity contribution in [3.05, 3.63) is 199 Å². The van der Waals surface area contributed by atoms with Crippen molar-refractivity contribution in [1.82, 2.24) is 33.6 Å². The van der Waals surface area contributed by atoms with Crippen LogP contribution >= 0.6 is 0 Å². The Morgan fingerprint density at radius 2 is 0.763 bits per heavy atom. The lowest BCUT2D eigenvalue weighted by Gasteiger charge is -2.14. The van der Waals surface area contributed by atoms with Crippen molar-refractivity contribution in [2.75, 3.05) is 0 Å². The summed E-state index contributed by atoms with van der Waals surface area (Å²) in [5.74, 6) is 3.93. The summed E-state index contributed by atoms with van der Waals surface area (Å²) in [6.07, 6.45) is 0.518. The summed E-state index contributed by atoms with van der Waals surface area (Å²) in [6.45, 7) is 1.96. The van der Waals surface area contributed by atoms with E-state index in [0.29, 0.717) is 6.42 Å². The number of para-hydroxylation sites is 5. The summed E-state index contributed by atoms with van der Waals surface area (Å²) in [7, 11) is 0. The van der Waals surface area contributed by atoms with Crippen molar-refractivity contribution in [2.45, 2.75) is 13.3 Å². The van der Waals surface area contributed by atoms with Gasteiger partial charge in [0, 0.05) is 56.4 Å². The second-order valence-electron chi connectivity index (χ2n) is 15.1. The van der Waals surface area contributed by atoms with Crippen LogP contribution in [0.3, 0.4) is 0 Å². The first-order valence-electron chi connectivity index (χ1n) is 19.9. The topological polar surface area (TPSA) is 66.3 Å². The van der Waals surface area contributed by atoms with Crippen LogP contribution in [0.25, 0.3) is 94.1 Å². The van der Waals surface area contributed by atoms with E-state index in [1.54, 1.807) is 0 Å². The molecule has 0 aliphatic carbocycles. The van der Waals surface area contributed by atoms with Gasteiger partial charge < -0.3 is 0 Å². The fourth-order valence-electron chi connectivity index (χ4n) is 9.10. The van der Waals surface area contributed by atoms with E-state index in [4.69, 9.17) is 19.9 Å². The van der Waals surface area contributed by atoms with E-state index in [9.17, 15) is 0 Å². The zero-order valence-electron chi connectivity index (χ0n) is 32.2. The van der Waals surface area contributed by atoms with Gasteiger partial charge in [-0.3, -0.25) is 13.7 Å². The number of fused-ring (bicyclic) bond motifs is 9. The first kappa shape index (κ1) is 33.3. The third-order valence-electron chi connectivity index (χ3n) is 11.6. The Morgan fingerprint density at radius 1 is 0.356 bits per heavy atom. The molecule has 5 aromatic heterocycles. The van der Waals surface area contributed by atoms with Gasteiger partial charge >= 0.3 is 0 Å². The SMILES string of the molecule is Cc1nc(-c2ccccc2)cc(-n2c3ccccc3c3ccc(Cc4nc(-n5c6ccccc6c6ccccc65)cc(-n5c6ccccc6c6ccccc65)n4)cc32)n1. The molecule has 0 spiro atoms. The Labute approximate surface area is 339 Å². The molecule has 7 heteroatoms. The largest absolute Gasteiger partial charge is 0.294 e. The Hall–Kier alpha value is -7.90. The highest BCUT2D eigenvalue weighted by molar-refractivity contribution is 6.11. The number of aromatic nitrogens is 7. The lowest BCUT2D eigenvalue weighted by molar-refractivity contribution is 0.899. The highest BCUT2D eigenvalue weighted by atomic mass is 15.1. The molecule has 59 heavy (non-hydrogen) atoms. The Balaban J connectivity index is 1.08. The molecule has 0 atom stereocenters. The van der Waals surface area contributed by atoms with Crippen LogP contribution in [-0.2, 0) is 6.42 Å². The summed E-state index contributed by atoms with van der Waals surface area (Å²) >= 11 is 0. The van der Waals surface area contributed by atoms with Crippen LogP contribution in [0.4, 0.5) is 0 Å². The number of rotatable bonds is 6. The smallest absolute Gasteiger partial charge is 0.143 e. The maximum Gasteiger partial charge on any atom is 0.143 e. The molecule has 278 valence electrons. The molecule has 0 unspecified atom stereocenters. The number of aryl methyl sites for hydroxylation is 1. The highest BCUT2D eigenvalue weighted by Crippen LogP contribution is 2.36. The second kappa shape index (κ2) is 13.1. The van der Waals surface area contributed by atoms with Crippen LogP contribution in [0.2, 0.25) is 0 Å². The van der Waals surface area contributed by atoms with Gasteiger partial charge in [-0.25, -0.2) is 19.9 Å². The van der Waals surface area contributed by atoms with E-state index in [0.717, 1.165) is 84.4 Å². The van der Waals surface area contributed by atoms with Crippen molar-refractivity contribution in [3.8, 4) is 28.7 Å². The van der Waals surface area contributed by atoms with Crippen molar-refractivity contribution in [3.63, 3.8) is 0 Å². The normalized spacial score (nSPS) is 11.9. The van der Waals surface area contributed by atoms with E-state index >= 15 is 0 Å². The molecule has 0 amide bonds. The molecule has 0 saturated heterocycles. The zero-order valence-corrected chi connectivity index (χ0v) is 32.2. The van der Waals surface area contributed by atoms with Gasteiger partial charge in [-0.2, -0.15) is 0 Å². The monoisotopic (exact) mass is 757 g/mol. The Kier molecular flexibility index (Phi) is 7.37. The van der Waals surface area contributed by atoms with Crippen molar-refractivity contribution < 1.29 is 0 Å². The fourth-order valence-corrected chi connectivity index (χ4v) is 9.10. The predicted molar refractivity (Wildman–Crippen MR) is 240 cm³/mol. The van der Waals surface area contributed by atoms with Crippen molar-refractivity contribution >= 4 is 65.4 Å². The van der Waals surface area contributed by atoms with Crippen LogP contribution in [0.5, 0.6) is 0 Å². The molecule has 7 nitrogen and oxygen atoms in total. The van der Waals surface area contributed by atoms with E-state index in [1.165, 1.54) is 26.9 Å². The van der Waals surface area contributed by atoms with Crippen molar-refractivity contribution in [2.24, 2.45) is 0 Å². The molecule has 0 saturated carbocycles. The highest BCUT2D eigenvalue weighted by Gasteiger charge is 2.20. The molecule has 0 bridgehead atoms. The van der Waals surface area contributed by atoms with Crippen molar-refractivity contribution in [1.29, 1.82) is 0 Å². The first-order valence-corrected chi connectivity index (χ1v) is 19.9. The third kappa shape index (κ3) is 5.28. The zero-order chi connectivity index (χ0) is 39.0. The molecule has 5 heterocycles.